The van der Waals surface area contributed by atoms with Crippen molar-refractivity contribution in [1.29, 1.82) is 0 Å². The quantitative estimate of drug-likeness (QED) is 0.801. The number of carbonyl (C=O) groups excluding carboxylic acids is 2. The first-order chi connectivity index (χ1) is 13.2. The number of piperidine rings is 1. The highest BCUT2D eigenvalue weighted by molar-refractivity contribution is 7.12. The molecule has 2 aromatic rings. The van der Waals surface area contributed by atoms with Gasteiger partial charge in [-0.2, -0.15) is 0 Å². The molecule has 1 aromatic carbocycles. The molecule has 1 aromatic heterocycles. The van der Waals surface area contributed by atoms with Gasteiger partial charge in [0.25, 0.3) is 11.8 Å². The van der Waals surface area contributed by atoms with E-state index >= 15 is 0 Å². The minimum absolute atomic E-state index is 0.0443. The Balaban J connectivity index is 1.32. The Bertz CT molecular complexity index is 794. The fourth-order valence-electron chi connectivity index (χ4n) is 3.46. The van der Waals surface area contributed by atoms with E-state index in [4.69, 9.17) is 0 Å². The molecule has 1 aliphatic heterocycles. The third-order valence-electron chi connectivity index (χ3n) is 5.29. The van der Waals surface area contributed by atoms with Crippen LogP contribution in [0.1, 0.15) is 45.7 Å². The Hall–Kier alpha value is -2.18. The average molecular weight is 384 g/mol. The summed E-state index contributed by atoms with van der Waals surface area (Å²) in [6.45, 7) is 2.70. The van der Waals surface area contributed by atoms with E-state index in [1.54, 1.807) is 12.1 Å². The summed E-state index contributed by atoms with van der Waals surface area (Å²) >= 11 is 1.40. The molecule has 0 atom stereocenters. The first-order valence-electron chi connectivity index (χ1n) is 9.66. The highest BCUT2D eigenvalue weighted by Gasteiger charge is 2.26. The van der Waals surface area contributed by atoms with Crippen molar-refractivity contribution in [3.63, 3.8) is 0 Å². The summed E-state index contributed by atoms with van der Waals surface area (Å²) in [6, 6.07) is 11.4. The molecule has 6 heteroatoms. The lowest BCUT2D eigenvalue weighted by Crippen LogP contribution is -2.45. The highest BCUT2D eigenvalue weighted by Crippen LogP contribution is 2.28. The summed E-state index contributed by atoms with van der Waals surface area (Å²) < 4.78 is 0. The number of rotatable bonds is 6. The van der Waals surface area contributed by atoms with E-state index in [1.807, 2.05) is 34.5 Å². The Morgan fingerprint density at radius 3 is 2.59 bits per heavy atom. The van der Waals surface area contributed by atoms with Gasteiger partial charge in [-0.05, 0) is 67.8 Å². The molecule has 0 radical (unpaired) electrons. The molecule has 2 N–H and O–H groups in total. The molecule has 5 nitrogen and oxygen atoms in total. The van der Waals surface area contributed by atoms with Crippen LogP contribution < -0.4 is 10.6 Å². The molecule has 0 spiro atoms. The first-order valence-corrected chi connectivity index (χ1v) is 10.5. The largest absolute Gasteiger partial charge is 0.339 e. The minimum atomic E-state index is -0.142. The van der Waals surface area contributed by atoms with E-state index in [1.165, 1.54) is 24.2 Å². The average Bonchev–Trinajstić information content (AvgIpc) is 3.36. The van der Waals surface area contributed by atoms with E-state index in [2.05, 4.69) is 10.6 Å². The summed E-state index contributed by atoms with van der Waals surface area (Å²) in [5, 5.41) is 8.39. The molecule has 1 saturated carbocycles. The summed E-state index contributed by atoms with van der Waals surface area (Å²) in [5.41, 5.74) is 1.28. The SMILES string of the molecule is O=C(Nc1cccc(C(=O)N2CCC(NCC3CC3)CC2)c1)c1cccs1. The number of hydrogen-bond acceptors (Lipinski definition) is 4. The molecular weight excluding hydrogens is 358 g/mol. The van der Waals surface area contributed by atoms with Gasteiger partial charge in [0, 0.05) is 30.4 Å². The molecule has 2 amide bonds. The number of carbonyl (C=O) groups is 2. The zero-order chi connectivity index (χ0) is 18.6. The smallest absolute Gasteiger partial charge is 0.265 e. The lowest BCUT2D eigenvalue weighted by Gasteiger charge is -2.32. The van der Waals surface area contributed by atoms with E-state index in [-0.39, 0.29) is 11.8 Å². The number of nitrogens with zero attached hydrogens (tertiary/aromatic N) is 1. The molecule has 0 bridgehead atoms. The first kappa shape index (κ1) is 18.2. The van der Waals surface area contributed by atoms with Crippen LogP contribution in [-0.2, 0) is 0 Å². The van der Waals surface area contributed by atoms with Crippen molar-refractivity contribution in [1.82, 2.24) is 10.2 Å². The molecular formula is C21H25N3O2S. The number of anilines is 1. The van der Waals surface area contributed by atoms with Gasteiger partial charge >= 0.3 is 0 Å². The lowest BCUT2D eigenvalue weighted by atomic mass is 10.0. The lowest BCUT2D eigenvalue weighted by molar-refractivity contribution is 0.0704. The third-order valence-corrected chi connectivity index (χ3v) is 6.16. The van der Waals surface area contributed by atoms with Gasteiger partial charge < -0.3 is 15.5 Å². The molecule has 1 aliphatic carbocycles. The van der Waals surface area contributed by atoms with Crippen LogP contribution in [0, 0.1) is 5.92 Å². The van der Waals surface area contributed by atoms with Crippen molar-refractivity contribution in [2.24, 2.45) is 5.92 Å². The predicted octanol–water partition coefficient (Wildman–Crippen LogP) is 3.60. The second-order valence-electron chi connectivity index (χ2n) is 7.43. The number of thiophene rings is 1. The molecule has 142 valence electrons. The van der Waals surface area contributed by atoms with Gasteiger partial charge in [0.2, 0.25) is 0 Å². The van der Waals surface area contributed by atoms with Gasteiger partial charge in [-0.25, -0.2) is 0 Å². The van der Waals surface area contributed by atoms with Crippen LogP contribution >= 0.6 is 11.3 Å². The Labute approximate surface area is 163 Å². The second kappa shape index (κ2) is 8.23. The van der Waals surface area contributed by atoms with E-state index in [9.17, 15) is 9.59 Å². The fraction of sp³-hybridized carbons (Fsp3) is 0.429. The monoisotopic (exact) mass is 383 g/mol. The van der Waals surface area contributed by atoms with Crippen LogP contribution in [0.25, 0.3) is 0 Å². The zero-order valence-electron chi connectivity index (χ0n) is 15.3. The number of hydrogen-bond donors (Lipinski definition) is 2. The number of benzene rings is 1. The topological polar surface area (TPSA) is 61.4 Å². The molecule has 2 fully saturated rings. The van der Waals surface area contributed by atoms with Crippen molar-refractivity contribution in [2.45, 2.75) is 31.7 Å². The molecule has 2 heterocycles. The summed E-state index contributed by atoms with van der Waals surface area (Å²) in [7, 11) is 0. The highest BCUT2D eigenvalue weighted by atomic mass is 32.1. The van der Waals surface area contributed by atoms with Crippen LogP contribution in [0.2, 0.25) is 0 Å². The van der Waals surface area contributed by atoms with Gasteiger partial charge in [-0.15, -0.1) is 11.3 Å². The van der Waals surface area contributed by atoms with Gasteiger partial charge in [0.1, 0.15) is 0 Å². The van der Waals surface area contributed by atoms with Crippen LogP contribution in [0.4, 0.5) is 5.69 Å². The Morgan fingerprint density at radius 2 is 1.89 bits per heavy atom. The van der Waals surface area contributed by atoms with E-state index < -0.39 is 0 Å². The van der Waals surface area contributed by atoms with Crippen molar-refractivity contribution >= 4 is 28.8 Å². The molecule has 0 unspecified atom stereocenters. The van der Waals surface area contributed by atoms with Crippen LogP contribution in [0.15, 0.2) is 41.8 Å². The predicted molar refractivity (Wildman–Crippen MR) is 108 cm³/mol. The number of nitrogens with one attached hydrogen (secondary N) is 2. The van der Waals surface area contributed by atoms with Crippen LogP contribution in [0.5, 0.6) is 0 Å². The standard InChI is InChI=1S/C21H25N3O2S/c25-20(19-5-2-12-27-19)23-18-4-1-3-16(13-18)21(26)24-10-8-17(9-11-24)22-14-15-6-7-15/h1-5,12-13,15,17,22H,6-11,14H2,(H,23,25). The summed E-state index contributed by atoms with van der Waals surface area (Å²) in [6.07, 6.45) is 4.74. The van der Waals surface area contributed by atoms with Crippen molar-refractivity contribution in [3.05, 3.63) is 52.2 Å². The van der Waals surface area contributed by atoms with E-state index in [0.29, 0.717) is 22.2 Å². The van der Waals surface area contributed by atoms with E-state index in [0.717, 1.165) is 38.4 Å². The normalized spacial score (nSPS) is 17.7. The molecule has 4 rings (SSSR count). The van der Waals surface area contributed by atoms with Gasteiger partial charge in [0.05, 0.1) is 4.88 Å². The Morgan fingerprint density at radius 1 is 1.07 bits per heavy atom. The maximum absolute atomic E-state index is 12.8. The molecule has 1 saturated heterocycles. The number of likely N-dealkylation sites (tertiary alicyclic amines) is 1. The molecule has 27 heavy (non-hydrogen) atoms. The Kier molecular flexibility index (Phi) is 5.55. The summed E-state index contributed by atoms with van der Waals surface area (Å²) in [5.74, 6) is 0.789. The minimum Gasteiger partial charge on any atom is -0.339 e. The summed E-state index contributed by atoms with van der Waals surface area (Å²) in [4.78, 5) is 27.6. The van der Waals surface area contributed by atoms with Crippen molar-refractivity contribution in [3.8, 4) is 0 Å². The maximum Gasteiger partial charge on any atom is 0.265 e. The van der Waals surface area contributed by atoms with Crippen molar-refractivity contribution in [2.75, 3.05) is 25.0 Å². The van der Waals surface area contributed by atoms with Gasteiger partial charge in [-0.3, -0.25) is 9.59 Å². The number of amides is 2. The fourth-order valence-corrected chi connectivity index (χ4v) is 4.07. The van der Waals surface area contributed by atoms with Gasteiger partial charge in [0.15, 0.2) is 0 Å². The maximum atomic E-state index is 12.8. The van der Waals surface area contributed by atoms with Crippen LogP contribution in [-0.4, -0.2) is 42.4 Å². The third kappa shape index (κ3) is 4.76. The van der Waals surface area contributed by atoms with Crippen molar-refractivity contribution < 1.29 is 9.59 Å². The second-order valence-corrected chi connectivity index (χ2v) is 8.38. The van der Waals surface area contributed by atoms with Crippen LogP contribution in [0.3, 0.4) is 0 Å². The van der Waals surface area contributed by atoms with Gasteiger partial charge in [-0.1, -0.05) is 12.1 Å². The zero-order valence-corrected chi connectivity index (χ0v) is 16.1. The molecule has 2 aliphatic rings.